The molecule has 0 radical (unpaired) electrons. The van der Waals surface area contributed by atoms with Crippen molar-refractivity contribution < 1.29 is 9.66 Å². The van der Waals surface area contributed by atoms with Gasteiger partial charge >= 0.3 is 11.6 Å². The van der Waals surface area contributed by atoms with Crippen LogP contribution in [0.3, 0.4) is 0 Å². The Morgan fingerprint density at radius 1 is 1.17 bits per heavy atom. The first-order valence-corrected chi connectivity index (χ1v) is 7.09. The number of nitrogens with one attached hydrogen (secondary N) is 1. The van der Waals surface area contributed by atoms with Gasteiger partial charge in [0.1, 0.15) is 12.1 Å². The minimum Gasteiger partial charge on any atom is -0.434 e. The molecular formula is C16H14N4O3. The molecule has 1 aromatic heterocycles. The SMILES string of the molecule is CCNc1ncnc(Oc2ccc3ccccc3c2)c1[N+](=O)[O-]. The van der Waals surface area contributed by atoms with Crippen LogP contribution in [0.1, 0.15) is 6.92 Å². The van der Waals surface area contributed by atoms with Crippen molar-refractivity contribution >= 4 is 22.3 Å². The number of benzene rings is 2. The number of aromatic nitrogens is 2. The van der Waals surface area contributed by atoms with Crippen molar-refractivity contribution in [3.63, 3.8) is 0 Å². The first-order chi connectivity index (χ1) is 11.2. The van der Waals surface area contributed by atoms with Gasteiger partial charge in [-0.1, -0.05) is 30.3 Å². The van der Waals surface area contributed by atoms with Crippen LogP contribution in [0.25, 0.3) is 10.8 Å². The molecule has 0 atom stereocenters. The van der Waals surface area contributed by atoms with Crippen LogP contribution >= 0.6 is 0 Å². The molecule has 7 nitrogen and oxygen atoms in total. The quantitative estimate of drug-likeness (QED) is 0.570. The molecule has 0 amide bonds. The molecule has 2 aromatic carbocycles. The number of rotatable bonds is 5. The lowest BCUT2D eigenvalue weighted by Gasteiger charge is -2.08. The standard InChI is InChI=1S/C16H14N4O3/c1-2-17-15-14(20(21)22)16(19-10-18-15)23-13-8-7-11-5-3-4-6-12(11)9-13/h3-10H,2H2,1H3,(H,17,18,19). The number of anilines is 1. The first kappa shape index (κ1) is 14.7. The molecule has 0 bridgehead atoms. The van der Waals surface area contributed by atoms with Gasteiger partial charge in [0, 0.05) is 6.54 Å². The molecule has 1 heterocycles. The average molecular weight is 310 g/mol. The van der Waals surface area contributed by atoms with Gasteiger partial charge in [-0.3, -0.25) is 10.1 Å². The molecule has 0 unspecified atom stereocenters. The highest BCUT2D eigenvalue weighted by atomic mass is 16.6. The third-order valence-electron chi connectivity index (χ3n) is 3.25. The van der Waals surface area contributed by atoms with Crippen molar-refractivity contribution in [2.45, 2.75) is 6.92 Å². The second-order valence-electron chi connectivity index (χ2n) is 4.77. The molecule has 0 saturated carbocycles. The third kappa shape index (κ3) is 3.03. The molecule has 23 heavy (non-hydrogen) atoms. The van der Waals surface area contributed by atoms with E-state index >= 15 is 0 Å². The fourth-order valence-electron chi connectivity index (χ4n) is 2.24. The van der Waals surface area contributed by atoms with E-state index in [4.69, 9.17) is 4.74 Å². The molecule has 7 heteroatoms. The van der Waals surface area contributed by atoms with Crippen LogP contribution in [0, 0.1) is 10.1 Å². The van der Waals surface area contributed by atoms with Crippen LogP contribution in [0.2, 0.25) is 0 Å². The van der Waals surface area contributed by atoms with E-state index in [1.807, 2.05) is 43.3 Å². The van der Waals surface area contributed by atoms with Crippen molar-refractivity contribution in [2.75, 3.05) is 11.9 Å². The molecule has 0 spiro atoms. The maximum absolute atomic E-state index is 11.3. The maximum Gasteiger partial charge on any atom is 0.373 e. The van der Waals surface area contributed by atoms with Crippen LogP contribution in [0.15, 0.2) is 48.8 Å². The average Bonchev–Trinajstić information content (AvgIpc) is 2.55. The Morgan fingerprint density at radius 3 is 2.70 bits per heavy atom. The van der Waals surface area contributed by atoms with Gasteiger partial charge in [-0.2, -0.15) is 4.98 Å². The van der Waals surface area contributed by atoms with Crippen LogP contribution < -0.4 is 10.1 Å². The number of fused-ring (bicyclic) bond motifs is 1. The summed E-state index contributed by atoms with van der Waals surface area (Å²) in [6, 6.07) is 13.2. The first-order valence-electron chi connectivity index (χ1n) is 7.09. The summed E-state index contributed by atoms with van der Waals surface area (Å²) in [5.74, 6) is 0.535. The number of hydrogen-bond acceptors (Lipinski definition) is 6. The summed E-state index contributed by atoms with van der Waals surface area (Å²) >= 11 is 0. The lowest BCUT2D eigenvalue weighted by molar-refractivity contribution is -0.385. The van der Waals surface area contributed by atoms with Crippen LogP contribution in [-0.2, 0) is 0 Å². The largest absolute Gasteiger partial charge is 0.434 e. The fraction of sp³-hybridized carbons (Fsp3) is 0.125. The summed E-state index contributed by atoms with van der Waals surface area (Å²) < 4.78 is 5.63. The van der Waals surface area contributed by atoms with Gasteiger partial charge in [-0.15, -0.1) is 0 Å². The van der Waals surface area contributed by atoms with E-state index < -0.39 is 4.92 Å². The van der Waals surface area contributed by atoms with Crippen LogP contribution in [0.4, 0.5) is 11.5 Å². The molecule has 0 aliphatic carbocycles. The van der Waals surface area contributed by atoms with Gasteiger partial charge in [0.25, 0.3) is 0 Å². The Kier molecular flexibility index (Phi) is 4.01. The van der Waals surface area contributed by atoms with E-state index in [1.54, 1.807) is 6.07 Å². The highest BCUT2D eigenvalue weighted by Crippen LogP contribution is 2.34. The van der Waals surface area contributed by atoms with E-state index in [0.717, 1.165) is 10.8 Å². The van der Waals surface area contributed by atoms with E-state index in [-0.39, 0.29) is 17.4 Å². The monoisotopic (exact) mass is 310 g/mol. The Labute approximate surface area is 132 Å². The lowest BCUT2D eigenvalue weighted by Crippen LogP contribution is -2.06. The summed E-state index contributed by atoms with van der Waals surface area (Å²) in [4.78, 5) is 18.6. The zero-order valence-corrected chi connectivity index (χ0v) is 12.4. The van der Waals surface area contributed by atoms with Crippen LogP contribution in [0.5, 0.6) is 11.6 Å². The third-order valence-corrected chi connectivity index (χ3v) is 3.25. The highest BCUT2D eigenvalue weighted by Gasteiger charge is 2.24. The van der Waals surface area contributed by atoms with Crippen molar-refractivity contribution in [1.29, 1.82) is 0 Å². The molecule has 3 rings (SSSR count). The summed E-state index contributed by atoms with van der Waals surface area (Å²) in [6.45, 7) is 2.34. The van der Waals surface area contributed by atoms with Crippen molar-refractivity contribution in [3.8, 4) is 11.6 Å². The van der Waals surface area contributed by atoms with Gasteiger partial charge in [0.05, 0.1) is 4.92 Å². The molecule has 116 valence electrons. The Balaban J connectivity index is 2.00. The minimum absolute atomic E-state index is 0.0868. The van der Waals surface area contributed by atoms with Gasteiger partial charge in [-0.05, 0) is 29.8 Å². The van der Waals surface area contributed by atoms with Gasteiger partial charge in [-0.25, -0.2) is 4.98 Å². The normalized spacial score (nSPS) is 10.5. The zero-order valence-electron chi connectivity index (χ0n) is 12.4. The van der Waals surface area contributed by atoms with E-state index in [2.05, 4.69) is 15.3 Å². The summed E-state index contributed by atoms with van der Waals surface area (Å²) in [5.41, 5.74) is -0.275. The molecule has 1 N–H and O–H groups in total. The van der Waals surface area contributed by atoms with Gasteiger partial charge < -0.3 is 10.1 Å². The van der Waals surface area contributed by atoms with Crippen molar-refractivity contribution in [3.05, 3.63) is 58.9 Å². The summed E-state index contributed by atoms with van der Waals surface area (Å²) in [6.07, 6.45) is 1.24. The molecule has 0 saturated heterocycles. The second-order valence-corrected chi connectivity index (χ2v) is 4.77. The van der Waals surface area contributed by atoms with E-state index in [1.165, 1.54) is 6.33 Å². The molecule has 3 aromatic rings. The van der Waals surface area contributed by atoms with E-state index in [9.17, 15) is 10.1 Å². The highest BCUT2D eigenvalue weighted by molar-refractivity contribution is 5.83. The molecule has 0 fully saturated rings. The Bertz CT molecular complexity index is 867. The number of nitro groups is 1. The summed E-state index contributed by atoms with van der Waals surface area (Å²) in [7, 11) is 0. The number of hydrogen-bond donors (Lipinski definition) is 1. The van der Waals surface area contributed by atoms with Gasteiger partial charge in [0.15, 0.2) is 0 Å². The Morgan fingerprint density at radius 2 is 1.96 bits per heavy atom. The lowest BCUT2D eigenvalue weighted by atomic mass is 10.1. The zero-order chi connectivity index (χ0) is 16.2. The summed E-state index contributed by atoms with van der Waals surface area (Å²) in [5, 5.41) is 16.2. The number of ether oxygens (including phenoxy) is 1. The molecule has 0 aliphatic rings. The minimum atomic E-state index is -0.547. The predicted molar refractivity (Wildman–Crippen MR) is 86.9 cm³/mol. The van der Waals surface area contributed by atoms with Gasteiger partial charge in [0.2, 0.25) is 5.82 Å². The number of nitrogens with zero attached hydrogens (tertiary/aromatic N) is 3. The fourth-order valence-corrected chi connectivity index (χ4v) is 2.24. The predicted octanol–water partition coefficient (Wildman–Crippen LogP) is 3.76. The molecular weight excluding hydrogens is 296 g/mol. The maximum atomic E-state index is 11.3. The topological polar surface area (TPSA) is 90.2 Å². The van der Waals surface area contributed by atoms with Crippen LogP contribution in [-0.4, -0.2) is 21.4 Å². The second kappa shape index (κ2) is 6.27. The van der Waals surface area contributed by atoms with Crippen molar-refractivity contribution in [2.24, 2.45) is 0 Å². The van der Waals surface area contributed by atoms with Crippen molar-refractivity contribution in [1.82, 2.24) is 9.97 Å². The van der Waals surface area contributed by atoms with E-state index in [0.29, 0.717) is 12.3 Å². The Hall–Kier alpha value is -3.22. The smallest absolute Gasteiger partial charge is 0.373 e. The molecule has 0 aliphatic heterocycles.